The minimum absolute atomic E-state index is 0.234. The van der Waals surface area contributed by atoms with Crippen molar-refractivity contribution in [1.29, 1.82) is 0 Å². The highest BCUT2D eigenvalue weighted by Crippen LogP contribution is 2.24. The molecule has 0 radical (unpaired) electrons. The van der Waals surface area contributed by atoms with Gasteiger partial charge < -0.3 is 9.84 Å². The minimum atomic E-state index is -0.857. The summed E-state index contributed by atoms with van der Waals surface area (Å²) in [4.78, 5) is 15.9. The summed E-state index contributed by atoms with van der Waals surface area (Å²) in [6.07, 6.45) is 4.81. The van der Waals surface area contributed by atoms with Gasteiger partial charge in [-0.25, -0.2) is 9.78 Å². The first-order valence-electron chi connectivity index (χ1n) is 6.04. The fourth-order valence-electron chi connectivity index (χ4n) is 2.06. The molecule has 1 aromatic heterocycles. The van der Waals surface area contributed by atoms with E-state index < -0.39 is 5.97 Å². The molecule has 1 atom stereocenters. The number of carboxylic acid groups (broad SMARTS) is 1. The number of rotatable bonds is 5. The van der Waals surface area contributed by atoms with Crippen LogP contribution in [0.4, 0.5) is 0 Å². The number of nitrogens with zero attached hydrogens (tertiary/aromatic N) is 1. The molecule has 1 N–H and O–H groups in total. The van der Waals surface area contributed by atoms with E-state index in [1.54, 1.807) is 0 Å². The summed E-state index contributed by atoms with van der Waals surface area (Å²) in [5, 5.41) is 10.0. The highest BCUT2D eigenvalue weighted by molar-refractivity contribution is 7.13. The summed E-state index contributed by atoms with van der Waals surface area (Å²) >= 11 is 1.30. The SMILES string of the molecule is CCCc1nc(CC2CCCO2)sc1C(=O)O. The summed E-state index contributed by atoms with van der Waals surface area (Å²) in [6, 6.07) is 0. The Morgan fingerprint density at radius 2 is 2.47 bits per heavy atom. The average Bonchev–Trinajstić information content (AvgIpc) is 2.89. The molecule has 1 aliphatic rings. The summed E-state index contributed by atoms with van der Waals surface area (Å²) < 4.78 is 5.55. The Bertz CT molecular complexity index is 396. The lowest BCUT2D eigenvalue weighted by atomic mass is 10.2. The molecule has 1 unspecified atom stereocenters. The van der Waals surface area contributed by atoms with Crippen LogP contribution in [0.15, 0.2) is 0 Å². The minimum Gasteiger partial charge on any atom is -0.477 e. The van der Waals surface area contributed by atoms with Crippen LogP contribution in [0.1, 0.15) is 46.6 Å². The molecule has 17 heavy (non-hydrogen) atoms. The van der Waals surface area contributed by atoms with E-state index in [0.717, 1.165) is 49.4 Å². The summed E-state index contributed by atoms with van der Waals surface area (Å²) in [6.45, 7) is 2.86. The Morgan fingerprint density at radius 3 is 3.06 bits per heavy atom. The molecule has 0 saturated carbocycles. The highest BCUT2D eigenvalue weighted by atomic mass is 32.1. The van der Waals surface area contributed by atoms with Crippen LogP contribution in [-0.2, 0) is 17.6 Å². The molecule has 1 saturated heterocycles. The van der Waals surface area contributed by atoms with Gasteiger partial charge in [0.1, 0.15) is 4.88 Å². The number of aryl methyl sites for hydroxylation is 1. The molecule has 2 heterocycles. The lowest BCUT2D eigenvalue weighted by Gasteiger charge is -2.05. The predicted octanol–water partition coefficient (Wildman–Crippen LogP) is 2.52. The van der Waals surface area contributed by atoms with Crippen molar-refractivity contribution in [1.82, 2.24) is 4.98 Å². The van der Waals surface area contributed by atoms with E-state index >= 15 is 0 Å². The molecule has 0 aromatic carbocycles. The zero-order valence-corrected chi connectivity index (χ0v) is 10.8. The zero-order valence-electron chi connectivity index (χ0n) is 9.94. The molecule has 2 rings (SSSR count). The van der Waals surface area contributed by atoms with Crippen LogP contribution in [0.25, 0.3) is 0 Å². The zero-order chi connectivity index (χ0) is 12.3. The third-order valence-corrected chi connectivity index (χ3v) is 3.96. The summed E-state index contributed by atoms with van der Waals surface area (Å²) in [5.41, 5.74) is 0.734. The Kier molecular flexibility index (Phi) is 4.12. The van der Waals surface area contributed by atoms with Crippen molar-refractivity contribution in [2.45, 2.75) is 45.1 Å². The number of carbonyl (C=O) groups is 1. The molecule has 0 aliphatic carbocycles. The molecule has 4 nitrogen and oxygen atoms in total. The van der Waals surface area contributed by atoms with Crippen molar-refractivity contribution < 1.29 is 14.6 Å². The number of aromatic carboxylic acids is 1. The van der Waals surface area contributed by atoms with Gasteiger partial charge in [-0.1, -0.05) is 13.3 Å². The Labute approximate surface area is 105 Å². The van der Waals surface area contributed by atoms with Crippen LogP contribution >= 0.6 is 11.3 Å². The van der Waals surface area contributed by atoms with Gasteiger partial charge in [-0.05, 0) is 19.3 Å². The standard InChI is InChI=1S/C12H17NO3S/c1-2-4-9-11(12(14)15)17-10(13-9)7-8-5-3-6-16-8/h8H,2-7H2,1H3,(H,14,15). The Hall–Kier alpha value is -0.940. The largest absolute Gasteiger partial charge is 0.477 e. The van der Waals surface area contributed by atoms with E-state index in [1.165, 1.54) is 11.3 Å². The van der Waals surface area contributed by atoms with E-state index in [0.29, 0.717) is 4.88 Å². The molecule has 0 spiro atoms. The molecule has 0 bridgehead atoms. The Balaban J connectivity index is 2.11. The van der Waals surface area contributed by atoms with Crippen LogP contribution in [0.5, 0.6) is 0 Å². The number of thiazole rings is 1. The molecule has 5 heteroatoms. The van der Waals surface area contributed by atoms with E-state index in [4.69, 9.17) is 9.84 Å². The number of hydrogen-bond acceptors (Lipinski definition) is 4. The molecular formula is C12H17NO3S. The van der Waals surface area contributed by atoms with Crippen molar-refractivity contribution in [2.24, 2.45) is 0 Å². The monoisotopic (exact) mass is 255 g/mol. The Morgan fingerprint density at radius 1 is 1.65 bits per heavy atom. The highest BCUT2D eigenvalue weighted by Gasteiger charge is 2.21. The quantitative estimate of drug-likeness (QED) is 0.878. The van der Waals surface area contributed by atoms with Gasteiger partial charge in [0.05, 0.1) is 16.8 Å². The van der Waals surface area contributed by atoms with Crippen molar-refractivity contribution in [3.05, 3.63) is 15.6 Å². The topological polar surface area (TPSA) is 59.4 Å². The van der Waals surface area contributed by atoms with Gasteiger partial charge in [0.2, 0.25) is 0 Å². The average molecular weight is 255 g/mol. The van der Waals surface area contributed by atoms with E-state index in [9.17, 15) is 4.79 Å². The normalized spacial score (nSPS) is 19.7. The number of hydrogen-bond donors (Lipinski definition) is 1. The smallest absolute Gasteiger partial charge is 0.347 e. The van der Waals surface area contributed by atoms with Crippen LogP contribution in [0.3, 0.4) is 0 Å². The summed E-state index contributed by atoms with van der Waals surface area (Å²) in [5.74, 6) is -0.857. The van der Waals surface area contributed by atoms with E-state index in [-0.39, 0.29) is 6.10 Å². The molecule has 1 fully saturated rings. The number of aromatic nitrogens is 1. The lowest BCUT2D eigenvalue weighted by molar-refractivity contribution is 0.0700. The molecule has 1 aromatic rings. The van der Waals surface area contributed by atoms with Crippen LogP contribution in [0.2, 0.25) is 0 Å². The third kappa shape index (κ3) is 3.04. The lowest BCUT2D eigenvalue weighted by Crippen LogP contribution is -2.08. The molecule has 0 amide bonds. The van der Waals surface area contributed by atoms with Gasteiger partial charge >= 0.3 is 5.97 Å². The second-order valence-electron chi connectivity index (χ2n) is 4.28. The van der Waals surface area contributed by atoms with Gasteiger partial charge in [0.25, 0.3) is 0 Å². The second kappa shape index (κ2) is 5.60. The van der Waals surface area contributed by atoms with E-state index in [1.807, 2.05) is 6.92 Å². The van der Waals surface area contributed by atoms with Crippen LogP contribution in [0, 0.1) is 0 Å². The predicted molar refractivity (Wildman–Crippen MR) is 65.7 cm³/mol. The van der Waals surface area contributed by atoms with Gasteiger partial charge in [0, 0.05) is 13.0 Å². The maximum absolute atomic E-state index is 11.1. The van der Waals surface area contributed by atoms with Crippen LogP contribution in [-0.4, -0.2) is 28.8 Å². The molecule has 94 valence electrons. The van der Waals surface area contributed by atoms with Crippen LogP contribution < -0.4 is 0 Å². The van der Waals surface area contributed by atoms with Crippen molar-refractivity contribution in [3.8, 4) is 0 Å². The van der Waals surface area contributed by atoms with Gasteiger partial charge in [0.15, 0.2) is 0 Å². The van der Waals surface area contributed by atoms with Gasteiger partial charge in [-0.3, -0.25) is 0 Å². The maximum Gasteiger partial charge on any atom is 0.347 e. The van der Waals surface area contributed by atoms with Crippen molar-refractivity contribution in [2.75, 3.05) is 6.61 Å². The van der Waals surface area contributed by atoms with Crippen molar-refractivity contribution in [3.63, 3.8) is 0 Å². The third-order valence-electron chi connectivity index (χ3n) is 2.85. The molecular weight excluding hydrogens is 238 g/mol. The van der Waals surface area contributed by atoms with Gasteiger partial charge in [-0.15, -0.1) is 11.3 Å². The summed E-state index contributed by atoms with van der Waals surface area (Å²) in [7, 11) is 0. The second-order valence-corrected chi connectivity index (χ2v) is 5.36. The van der Waals surface area contributed by atoms with Crippen molar-refractivity contribution >= 4 is 17.3 Å². The molecule has 1 aliphatic heterocycles. The number of ether oxygens (including phenoxy) is 1. The first-order valence-corrected chi connectivity index (χ1v) is 6.85. The fourth-order valence-corrected chi connectivity index (χ4v) is 3.08. The first-order chi connectivity index (χ1) is 8.20. The number of carboxylic acids is 1. The van der Waals surface area contributed by atoms with E-state index in [2.05, 4.69) is 4.98 Å². The fraction of sp³-hybridized carbons (Fsp3) is 0.667. The van der Waals surface area contributed by atoms with Gasteiger partial charge in [-0.2, -0.15) is 0 Å². The maximum atomic E-state index is 11.1. The first kappa shape index (κ1) is 12.5.